The molecule has 0 bridgehead atoms. The molecule has 2 aromatic carbocycles. The number of fused-ring (bicyclic) bond motifs is 1. The van der Waals surface area contributed by atoms with E-state index in [1.54, 1.807) is 50.2 Å². The van der Waals surface area contributed by atoms with E-state index < -0.39 is 11.9 Å². The summed E-state index contributed by atoms with van der Waals surface area (Å²) in [4.78, 5) is 44.4. The highest BCUT2D eigenvalue weighted by Gasteiger charge is 2.32. The fourth-order valence-electron chi connectivity index (χ4n) is 4.68. The van der Waals surface area contributed by atoms with Gasteiger partial charge in [-0.25, -0.2) is 4.39 Å². The van der Waals surface area contributed by atoms with Crippen molar-refractivity contribution < 1.29 is 18.7 Å². The molecule has 0 spiro atoms. The van der Waals surface area contributed by atoms with Gasteiger partial charge in [-0.3, -0.25) is 14.4 Å². The SMILES string of the molecule is CCOC(=O)[C@H]1CCCN(C(=O)[C@H](C)N(C)c2ccc3c(-c4ccc(F)cc4Cl)c[nH]c(=O)c3c2)C1. The number of esters is 1. The number of likely N-dealkylation sites (tertiary alicyclic amines) is 1. The summed E-state index contributed by atoms with van der Waals surface area (Å²) < 4.78 is 18.7. The van der Waals surface area contributed by atoms with Crippen LogP contribution in [0.3, 0.4) is 0 Å². The van der Waals surface area contributed by atoms with Crippen molar-refractivity contribution in [3.63, 3.8) is 0 Å². The number of likely N-dealkylation sites (N-methyl/N-ethyl adjacent to an activating group) is 1. The van der Waals surface area contributed by atoms with Crippen molar-refractivity contribution in [3.05, 3.63) is 63.8 Å². The predicted octanol–water partition coefficient (Wildman–Crippen LogP) is 4.61. The second-order valence-electron chi connectivity index (χ2n) is 9.05. The number of hydrogen-bond acceptors (Lipinski definition) is 5. The number of ether oxygens (including phenoxy) is 1. The van der Waals surface area contributed by atoms with Gasteiger partial charge in [0.05, 0.1) is 17.5 Å². The summed E-state index contributed by atoms with van der Waals surface area (Å²) in [5.74, 6) is -1.10. The monoisotopic (exact) mass is 513 g/mol. The molecular formula is C27H29ClFN3O4. The first-order valence-electron chi connectivity index (χ1n) is 12.0. The molecule has 1 N–H and O–H groups in total. The van der Waals surface area contributed by atoms with E-state index in [1.165, 1.54) is 12.1 Å². The molecule has 3 aromatic rings. The van der Waals surface area contributed by atoms with Crippen LogP contribution in [0.2, 0.25) is 5.02 Å². The van der Waals surface area contributed by atoms with Gasteiger partial charge in [0.25, 0.3) is 5.56 Å². The predicted molar refractivity (Wildman–Crippen MR) is 139 cm³/mol. The third-order valence-corrected chi connectivity index (χ3v) is 7.12. The summed E-state index contributed by atoms with van der Waals surface area (Å²) in [6.45, 7) is 4.83. The third kappa shape index (κ3) is 5.09. The Balaban J connectivity index is 1.60. The molecule has 4 rings (SSSR count). The summed E-state index contributed by atoms with van der Waals surface area (Å²) in [6, 6.07) is 8.99. The third-order valence-electron chi connectivity index (χ3n) is 6.81. The highest BCUT2D eigenvalue weighted by atomic mass is 35.5. The number of anilines is 1. The van der Waals surface area contributed by atoms with Crippen LogP contribution in [0.5, 0.6) is 0 Å². The van der Waals surface area contributed by atoms with E-state index in [2.05, 4.69) is 4.98 Å². The number of aromatic amines is 1. The number of nitrogens with one attached hydrogen (secondary N) is 1. The molecule has 2 atom stereocenters. The fraction of sp³-hybridized carbons (Fsp3) is 0.370. The Labute approximate surface area is 213 Å². The summed E-state index contributed by atoms with van der Waals surface area (Å²) in [6.07, 6.45) is 3.02. The molecule has 190 valence electrons. The Hall–Kier alpha value is -3.39. The van der Waals surface area contributed by atoms with Gasteiger partial charge in [-0.05, 0) is 62.4 Å². The zero-order valence-electron chi connectivity index (χ0n) is 20.5. The maximum atomic E-state index is 13.6. The number of carbonyl (C=O) groups is 2. The summed E-state index contributed by atoms with van der Waals surface area (Å²) in [5.41, 5.74) is 1.68. The first-order valence-corrected chi connectivity index (χ1v) is 12.4. The van der Waals surface area contributed by atoms with Crippen molar-refractivity contribution in [2.45, 2.75) is 32.7 Å². The van der Waals surface area contributed by atoms with Crippen molar-refractivity contribution in [2.75, 3.05) is 31.6 Å². The van der Waals surface area contributed by atoms with Gasteiger partial charge >= 0.3 is 5.97 Å². The molecule has 0 aliphatic carbocycles. The fourth-order valence-corrected chi connectivity index (χ4v) is 4.95. The first kappa shape index (κ1) is 25.7. The Morgan fingerprint density at radius 2 is 2.00 bits per heavy atom. The smallest absolute Gasteiger partial charge is 0.310 e. The minimum Gasteiger partial charge on any atom is -0.466 e. The number of halogens is 2. The number of nitrogens with zero attached hydrogens (tertiary/aromatic N) is 2. The van der Waals surface area contributed by atoms with Crippen molar-refractivity contribution >= 4 is 39.9 Å². The quantitative estimate of drug-likeness (QED) is 0.487. The Kier molecular flexibility index (Phi) is 7.64. The molecule has 1 fully saturated rings. The van der Waals surface area contributed by atoms with E-state index in [4.69, 9.17) is 16.3 Å². The Morgan fingerprint density at radius 1 is 1.22 bits per heavy atom. The average molecular weight is 514 g/mol. The number of rotatable bonds is 6. The Morgan fingerprint density at radius 3 is 2.72 bits per heavy atom. The van der Waals surface area contributed by atoms with Crippen LogP contribution in [-0.2, 0) is 14.3 Å². The molecule has 1 saturated heterocycles. The lowest BCUT2D eigenvalue weighted by molar-refractivity contribution is -0.151. The van der Waals surface area contributed by atoms with Gasteiger partial charge in [0.1, 0.15) is 11.9 Å². The van der Waals surface area contributed by atoms with Crippen LogP contribution in [-0.4, -0.2) is 54.5 Å². The van der Waals surface area contributed by atoms with E-state index in [0.29, 0.717) is 53.7 Å². The van der Waals surface area contributed by atoms with Crippen molar-refractivity contribution in [3.8, 4) is 11.1 Å². The maximum absolute atomic E-state index is 13.6. The molecule has 9 heteroatoms. The molecule has 1 amide bonds. The van der Waals surface area contributed by atoms with Gasteiger partial charge in [0.15, 0.2) is 0 Å². The minimum atomic E-state index is -0.516. The molecule has 36 heavy (non-hydrogen) atoms. The topological polar surface area (TPSA) is 82.7 Å². The van der Waals surface area contributed by atoms with E-state index in [-0.39, 0.29) is 28.4 Å². The number of hydrogen-bond donors (Lipinski definition) is 1. The van der Waals surface area contributed by atoms with Crippen LogP contribution in [0.1, 0.15) is 26.7 Å². The highest BCUT2D eigenvalue weighted by molar-refractivity contribution is 6.33. The van der Waals surface area contributed by atoms with E-state index in [9.17, 15) is 18.8 Å². The van der Waals surface area contributed by atoms with Crippen molar-refractivity contribution in [1.82, 2.24) is 9.88 Å². The normalized spacial score (nSPS) is 16.6. The summed E-state index contributed by atoms with van der Waals surface area (Å²) in [5, 5.41) is 1.33. The molecule has 1 aliphatic rings. The lowest BCUT2D eigenvalue weighted by Gasteiger charge is -2.36. The van der Waals surface area contributed by atoms with Crippen LogP contribution >= 0.6 is 11.6 Å². The van der Waals surface area contributed by atoms with E-state index in [0.717, 1.165) is 6.42 Å². The van der Waals surface area contributed by atoms with Crippen molar-refractivity contribution in [2.24, 2.45) is 5.92 Å². The number of piperidine rings is 1. The number of benzene rings is 2. The lowest BCUT2D eigenvalue weighted by atomic mass is 9.97. The largest absolute Gasteiger partial charge is 0.466 e. The van der Waals surface area contributed by atoms with Crippen LogP contribution in [0, 0.1) is 11.7 Å². The molecule has 7 nitrogen and oxygen atoms in total. The van der Waals surface area contributed by atoms with Crippen LogP contribution in [0.15, 0.2) is 47.4 Å². The minimum absolute atomic E-state index is 0.0904. The maximum Gasteiger partial charge on any atom is 0.310 e. The number of carbonyl (C=O) groups excluding carboxylic acids is 2. The highest BCUT2D eigenvalue weighted by Crippen LogP contribution is 2.34. The molecular weight excluding hydrogens is 485 g/mol. The molecule has 1 aliphatic heterocycles. The average Bonchev–Trinajstić information content (AvgIpc) is 2.88. The zero-order valence-corrected chi connectivity index (χ0v) is 21.3. The standard InChI is InChI=1S/C27H29ClFN3O4/c1-4-36-27(35)17-6-5-11-32(15-17)26(34)16(2)31(3)19-8-10-20-22(13-19)25(33)30-14-23(20)21-9-7-18(29)12-24(21)28/h7-10,12-14,16-17H,4-6,11,15H2,1-3H3,(H,30,33)/t16-,17-/m0/s1. The van der Waals surface area contributed by atoms with Gasteiger partial charge in [-0.2, -0.15) is 0 Å². The van der Waals surface area contributed by atoms with Gasteiger partial charge < -0.3 is 19.5 Å². The van der Waals surface area contributed by atoms with Gasteiger partial charge in [0, 0.05) is 48.5 Å². The van der Waals surface area contributed by atoms with Gasteiger partial charge in [-0.15, -0.1) is 0 Å². The molecule has 0 saturated carbocycles. The Bertz CT molecular complexity index is 1360. The van der Waals surface area contributed by atoms with Crippen LogP contribution in [0.25, 0.3) is 21.9 Å². The second-order valence-corrected chi connectivity index (χ2v) is 9.46. The van der Waals surface area contributed by atoms with Crippen LogP contribution in [0.4, 0.5) is 10.1 Å². The summed E-state index contributed by atoms with van der Waals surface area (Å²) >= 11 is 6.27. The number of amides is 1. The second kappa shape index (κ2) is 10.7. The van der Waals surface area contributed by atoms with E-state index >= 15 is 0 Å². The zero-order chi connectivity index (χ0) is 26.0. The molecule has 2 heterocycles. The first-order chi connectivity index (χ1) is 17.2. The van der Waals surface area contributed by atoms with Crippen LogP contribution < -0.4 is 10.5 Å². The molecule has 1 aromatic heterocycles. The summed E-state index contributed by atoms with van der Waals surface area (Å²) in [7, 11) is 1.80. The van der Waals surface area contributed by atoms with E-state index in [1.807, 2.05) is 11.0 Å². The van der Waals surface area contributed by atoms with Gasteiger partial charge in [-0.1, -0.05) is 17.7 Å². The van der Waals surface area contributed by atoms with Gasteiger partial charge in [0.2, 0.25) is 5.91 Å². The lowest BCUT2D eigenvalue weighted by Crippen LogP contribution is -2.50. The van der Waals surface area contributed by atoms with Crippen molar-refractivity contribution in [1.29, 1.82) is 0 Å². The number of H-pyrrole nitrogens is 1. The molecule has 0 radical (unpaired) electrons. The molecule has 0 unspecified atom stereocenters. The number of pyridine rings is 1. The number of aromatic nitrogens is 1.